The van der Waals surface area contributed by atoms with Crippen LogP contribution in [0.4, 0.5) is 23.2 Å². The number of hydrogen-bond acceptors (Lipinski definition) is 6. The summed E-state index contributed by atoms with van der Waals surface area (Å²) in [4.78, 5) is 58.3. The van der Waals surface area contributed by atoms with Crippen molar-refractivity contribution in [2.45, 2.75) is 64.2 Å². The van der Waals surface area contributed by atoms with E-state index in [1.807, 2.05) is 0 Å². The van der Waals surface area contributed by atoms with Crippen LogP contribution in [0.3, 0.4) is 0 Å². The second kappa shape index (κ2) is 12.6. The lowest BCUT2D eigenvalue weighted by atomic mass is 9.83. The van der Waals surface area contributed by atoms with E-state index in [0.29, 0.717) is 18.4 Å². The molecule has 1 aliphatic heterocycles. The van der Waals surface area contributed by atoms with E-state index in [1.165, 1.54) is 12.1 Å². The Bertz CT molecular complexity index is 1500. The van der Waals surface area contributed by atoms with Crippen molar-refractivity contribution in [3.8, 4) is 0 Å². The third-order valence-electron chi connectivity index (χ3n) is 8.62. The first-order chi connectivity index (χ1) is 21.3. The van der Waals surface area contributed by atoms with Gasteiger partial charge in [0.15, 0.2) is 6.73 Å². The van der Waals surface area contributed by atoms with Crippen LogP contribution in [-0.2, 0) is 23.9 Å². The van der Waals surface area contributed by atoms with Crippen molar-refractivity contribution in [1.29, 1.82) is 0 Å². The average Bonchev–Trinajstić information content (AvgIpc) is 3.92. The number of para-hydroxylation sites is 1. The minimum Gasteiger partial charge on any atom is -0.443 e. The van der Waals surface area contributed by atoms with Crippen molar-refractivity contribution in [2.75, 3.05) is 11.6 Å². The lowest BCUT2D eigenvalue weighted by Crippen LogP contribution is -2.51. The summed E-state index contributed by atoms with van der Waals surface area (Å²) in [6.45, 7) is 1.000. The number of esters is 1. The van der Waals surface area contributed by atoms with Crippen molar-refractivity contribution >= 4 is 35.1 Å². The zero-order valence-electron chi connectivity index (χ0n) is 24.6. The number of amides is 3. The predicted octanol–water partition coefficient (Wildman–Crippen LogP) is 4.61. The Kier molecular flexibility index (Phi) is 8.99. The fraction of sp³-hybridized carbons (Fsp3) is 0.469. The van der Waals surface area contributed by atoms with Gasteiger partial charge in [-0.1, -0.05) is 55.3 Å². The number of benzodiazepines with no additional fused rings is 1. The Morgan fingerprint density at radius 3 is 2.38 bits per heavy atom. The number of primary amides is 1. The summed E-state index contributed by atoms with van der Waals surface area (Å²) in [7, 11) is 0. The largest absolute Gasteiger partial charge is 0.443 e. The number of aliphatic imine (C=N–C) groups is 1. The first-order valence-electron chi connectivity index (χ1n) is 14.8. The zero-order valence-corrected chi connectivity index (χ0v) is 24.6. The zero-order chi connectivity index (χ0) is 32.5. The maximum absolute atomic E-state index is 15.6. The number of nitrogens with one attached hydrogen (secondary N) is 1. The van der Waals surface area contributed by atoms with E-state index in [2.05, 4.69) is 10.3 Å². The van der Waals surface area contributed by atoms with Crippen LogP contribution in [0.25, 0.3) is 0 Å². The number of nitrogens with zero attached hydrogens (tertiary/aromatic N) is 2. The lowest BCUT2D eigenvalue weighted by molar-refractivity contribution is -0.150. The summed E-state index contributed by atoms with van der Waals surface area (Å²) in [5.74, 6) is -6.98. The summed E-state index contributed by atoms with van der Waals surface area (Å²) in [5.41, 5.74) is 5.36. The van der Waals surface area contributed by atoms with Gasteiger partial charge >= 0.3 is 12.1 Å². The Morgan fingerprint density at radius 2 is 1.78 bits per heavy atom. The normalized spacial score (nSPS) is 20.3. The van der Waals surface area contributed by atoms with Gasteiger partial charge < -0.3 is 15.8 Å². The smallest absolute Gasteiger partial charge is 0.389 e. The second-order valence-corrected chi connectivity index (χ2v) is 12.2. The number of fused-ring (bicyclic) bond motifs is 1. The van der Waals surface area contributed by atoms with E-state index in [4.69, 9.17) is 10.5 Å². The monoisotopic (exact) mass is 630 g/mol. The van der Waals surface area contributed by atoms with E-state index >= 15 is 4.39 Å². The number of rotatable bonds is 12. The molecule has 9 nitrogen and oxygen atoms in total. The first kappa shape index (κ1) is 32.1. The molecule has 2 aliphatic carbocycles. The first-order valence-corrected chi connectivity index (χ1v) is 14.8. The quantitative estimate of drug-likeness (QED) is 0.261. The Balaban J connectivity index is 1.53. The number of carbonyl (C=O) groups is 4. The number of ether oxygens (including phenoxy) is 1. The molecule has 3 atom stereocenters. The van der Waals surface area contributed by atoms with Gasteiger partial charge in [-0.2, -0.15) is 13.2 Å². The van der Waals surface area contributed by atoms with Crippen molar-refractivity contribution in [1.82, 2.24) is 5.32 Å². The Labute approximate surface area is 257 Å². The Hall–Kier alpha value is -4.29. The molecule has 13 heteroatoms. The minimum absolute atomic E-state index is 0.0573. The Morgan fingerprint density at radius 1 is 1.09 bits per heavy atom. The molecule has 3 aliphatic rings. The van der Waals surface area contributed by atoms with Crippen molar-refractivity contribution in [3.05, 3.63) is 65.5 Å². The molecule has 3 N–H and O–H groups in total. The lowest BCUT2D eigenvalue weighted by Gasteiger charge is -2.28. The molecule has 0 unspecified atom stereocenters. The summed E-state index contributed by atoms with van der Waals surface area (Å²) >= 11 is 0. The number of carbonyl (C=O) groups excluding carboxylic acids is 4. The fourth-order valence-electron chi connectivity index (χ4n) is 5.50. The SMILES string of the molecule is CC1(C(=O)OCN2C(=O)[C@@H](NC(=O)[C@H](CCC(F)(F)F)[C@H](CC3CC3)C(N)=O)N=C(c3ccccc3)c3cccc(F)c32)CC1. The van der Waals surface area contributed by atoms with Gasteiger partial charge in [0.25, 0.3) is 5.91 Å². The number of benzene rings is 2. The molecule has 0 bridgehead atoms. The fourth-order valence-corrected chi connectivity index (χ4v) is 5.50. The van der Waals surface area contributed by atoms with E-state index < -0.39 is 78.7 Å². The molecule has 0 aromatic heterocycles. The van der Waals surface area contributed by atoms with Gasteiger partial charge in [0.1, 0.15) is 5.82 Å². The van der Waals surface area contributed by atoms with Gasteiger partial charge in [0.2, 0.25) is 18.0 Å². The molecule has 45 heavy (non-hydrogen) atoms. The van der Waals surface area contributed by atoms with Crippen LogP contribution in [0.15, 0.2) is 53.5 Å². The molecule has 2 saturated carbocycles. The number of hydrogen-bond donors (Lipinski definition) is 2. The van der Waals surface area contributed by atoms with E-state index in [1.54, 1.807) is 37.3 Å². The van der Waals surface area contributed by atoms with E-state index in [0.717, 1.165) is 23.8 Å². The van der Waals surface area contributed by atoms with Crippen LogP contribution < -0.4 is 16.0 Å². The van der Waals surface area contributed by atoms with Crippen molar-refractivity contribution in [2.24, 2.45) is 33.9 Å². The molecular formula is C32H34F4N4O5. The van der Waals surface area contributed by atoms with Gasteiger partial charge in [0, 0.05) is 29.4 Å². The van der Waals surface area contributed by atoms with Crippen molar-refractivity contribution in [3.63, 3.8) is 0 Å². The third-order valence-corrected chi connectivity index (χ3v) is 8.62. The van der Waals surface area contributed by atoms with Gasteiger partial charge in [-0.05, 0) is 44.6 Å². The van der Waals surface area contributed by atoms with Crippen LogP contribution in [0, 0.1) is 29.0 Å². The molecule has 0 spiro atoms. The van der Waals surface area contributed by atoms with E-state index in [9.17, 15) is 32.3 Å². The van der Waals surface area contributed by atoms with Crippen LogP contribution in [-0.4, -0.2) is 48.5 Å². The summed E-state index contributed by atoms with van der Waals surface area (Å²) < 4.78 is 60.9. The highest BCUT2D eigenvalue weighted by Gasteiger charge is 2.47. The summed E-state index contributed by atoms with van der Waals surface area (Å²) in [6.07, 6.45) is -5.63. The van der Waals surface area contributed by atoms with Crippen LogP contribution in [0.5, 0.6) is 0 Å². The number of alkyl halides is 3. The molecule has 2 aromatic carbocycles. The molecule has 0 radical (unpaired) electrons. The van der Waals surface area contributed by atoms with Crippen LogP contribution >= 0.6 is 0 Å². The summed E-state index contributed by atoms with van der Waals surface area (Å²) in [5, 5.41) is 2.43. The molecular weight excluding hydrogens is 596 g/mol. The maximum atomic E-state index is 15.6. The standard InChI is InChI=1S/C32H34F4N4O5/c1-31(14-15-31)30(44)45-17-40-25-21(8-5-9-23(25)33)24(19-6-3-2-4-7-19)38-27(29(40)43)39-28(42)20(12-13-32(34,35)36)22(26(37)41)16-18-10-11-18/h2-9,18,20,22,27H,10-17H2,1H3,(H2,37,41)(H,39,42)/t20-,22+,27-/m1/s1. The van der Waals surface area contributed by atoms with Gasteiger partial charge in [0.05, 0.1) is 16.8 Å². The molecule has 0 saturated heterocycles. The molecule has 2 fully saturated rings. The number of nitrogens with two attached hydrogens (primary N) is 1. The number of anilines is 1. The molecule has 240 valence electrons. The van der Waals surface area contributed by atoms with E-state index in [-0.39, 0.29) is 29.3 Å². The van der Waals surface area contributed by atoms with Crippen molar-refractivity contribution < 1.29 is 41.5 Å². The third kappa shape index (κ3) is 7.51. The average molecular weight is 631 g/mol. The van der Waals surface area contributed by atoms with Crippen LogP contribution in [0.1, 0.15) is 63.0 Å². The predicted molar refractivity (Wildman–Crippen MR) is 155 cm³/mol. The molecule has 3 amide bonds. The molecule has 2 aromatic rings. The van der Waals surface area contributed by atoms with Gasteiger partial charge in [-0.15, -0.1) is 0 Å². The maximum Gasteiger partial charge on any atom is 0.389 e. The number of halogens is 4. The van der Waals surface area contributed by atoms with Crippen LogP contribution in [0.2, 0.25) is 0 Å². The van der Waals surface area contributed by atoms with Gasteiger partial charge in [-0.3, -0.25) is 24.1 Å². The second-order valence-electron chi connectivity index (χ2n) is 12.2. The highest BCUT2D eigenvalue weighted by atomic mass is 19.4. The highest BCUT2D eigenvalue weighted by molar-refractivity contribution is 6.20. The highest BCUT2D eigenvalue weighted by Crippen LogP contribution is 2.46. The summed E-state index contributed by atoms with van der Waals surface area (Å²) in [6, 6.07) is 12.5. The molecule has 5 rings (SSSR count). The molecule has 1 heterocycles. The van der Waals surface area contributed by atoms with Gasteiger partial charge in [-0.25, -0.2) is 9.38 Å². The minimum atomic E-state index is -4.62. The topological polar surface area (TPSA) is 131 Å².